The minimum absolute atomic E-state index is 0.876. The van der Waals surface area contributed by atoms with Crippen molar-refractivity contribution in [3.8, 4) is 0 Å². The van der Waals surface area contributed by atoms with E-state index in [0.717, 1.165) is 12.1 Å². The van der Waals surface area contributed by atoms with E-state index < -0.39 is 0 Å². The van der Waals surface area contributed by atoms with Crippen molar-refractivity contribution in [1.82, 2.24) is 14.7 Å². The smallest absolute Gasteiger partial charge is 0.0351 e. The molecule has 0 atom stereocenters. The van der Waals surface area contributed by atoms with Crippen LogP contribution in [0.15, 0.2) is 0 Å². The normalized spacial score (nSPS) is 33.2. The summed E-state index contributed by atoms with van der Waals surface area (Å²) in [5, 5.41) is 0. The summed E-state index contributed by atoms with van der Waals surface area (Å²) in [6.45, 7) is 7.87. The van der Waals surface area contributed by atoms with E-state index in [0.29, 0.717) is 0 Å². The standard InChI is InChI=1S/C11H21N3/c1-12-8-11(9-12)14-6-4-13(5-7-14)10-2-3-10/h10-11H,2-9H2,1H3. The van der Waals surface area contributed by atoms with Crippen LogP contribution in [0.5, 0.6) is 0 Å². The molecular formula is C11H21N3. The molecule has 0 bridgehead atoms. The highest BCUT2D eigenvalue weighted by Crippen LogP contribution is 2.28. The summed E-state index contributed by atoms with van der Waals surface area (Å²) in [5.41, 5.74) is 0. The Kier molecular flexibility index (Phi) is 2.26. The van der Waals surface area contributed by atoms with Crippen LogP contribution in [-0.2, 0) is 0 Å². The molecule has 1 saturated carbocycles. The first kappa shape index (κ1) is 9.13. The molecule has 2 aliphatic heterocycles. The lowest BCUT2D eigenvalue weighted by Gasteiger charge is -2.47. The highest BCUT2D eigenvalue weighted by molar-refractivity contribution is 4.92. The molecule has 3 fully saturated rings. The zero-order valence-electron chi connectivity index (χ0n) is 9.15. The van der Waals surface area contributed by atoms with E-state index in [1.807, 2.05) is 0 Å². The lowest BCUT2D eigenvalue weighted by Crippen LogP contribution is -2.62. The second-order valence-electron chi connectivity index (χ2n) is 5.18. The first-order valence-corrected chi connectivity index (χ1v) is 5.99. The largest absolute Gasteiger partial charge is 0.303 e. The van der Waals surface area contributed by atoms with Gasteiger partial charge >= 0.3 is 0 Å². The predicted molar refractivity (Wildman–Crippen MR) is 57.5 cm³/mol. The van der Waals surface area contributed by atoms with Gasteiger partial charge in [-0.05, 0) is 19.9 Å². The summed E-state index contributed by atoms with van der Waals surface area (Å²) in [6, 6.07) is 1.85. The molecule has 0 radical (unpaired) electrons. The predicted octanol–water partition coefficient (Wildman–Crippen LogP) is 0.0804. The van der Waals surface area contributed by atoms with Crippen LogP contribution in [0.2, 0.25) is 0 Å². The SMILES string of the molecule is CN1CC(N2CCN(C3CC3)CC2)C1. The van der Waals surface area contributed by atoms with Crippen LogP contribution >= 0.6 is 0 Å². The van der Waals surface area contributed by atoms with Gasteiger partial charge < -0.3 is 4.90 Å². The van der Waals surface area contributed by atoms with Crippen molar-refractivity contribution in [2.45, 2.75) is 24.9 Å². The molecule has 0 unspecified atom stereocenters. The van der Waals surface area contributed by atoms with Gasteiger partial charge in [0, 0.05) is 51.4 Å². The van der Waals surface area contributed by atoms with Crippen LogP contribution in [0.4, 0.5) is 0 Å². The van der Waals surface area contributed by atoms with Crippen LogP contribution in [0.25, 0.3) is 0 Å². The summed E-state index contributed by atoms with van der Waals surface area (Å²) in [7, 11) is 2.22. The fraction of sp³-hybridized carbons (Fsp3) is 1.00. The van der Waals surface area contributed by atoms with E-state index in [2.05, 4.69) is 21.7 Å². The molecule has 80 valence electrons. The average molecular weight is 195 g/mol. The molecule has 2 heterocycles. The Morgan fingerprint density at radius 2 is 1.29 bits per heavy atom. The number of rotatable bonds is 2. The highest BCUT2D eigenvalue weighted by atomic mass is 15.3. The molecule has 3 aliphatic rings. The Morgan fingerprint density at radius 1 is 0.786 bits per heavy atom. The van der Waals surface area contributed by atoms with Crippen molar-refractivity contribution in [3.63, 3.8) is 0 Å². The fourth-order valence-corrected chi connectivity index (χ4v) is 2.80. The first-order chi connectivity index (χ1) is 6.83. The van der Waals surface area contributed by atoms with Crippen LogP contribution in [0.3, 0.4) is 0 Å². The summed E-state index contributed by atoms with van der Waals surface area (Å²) < 4.78 is 0. The summed E-state index contributed by atoms with van der Waals surface area (Å²) in [4.78, 5) is 7.80. The quantitative estimate of drug-likeness (QED) is 0.618. The van der Waals surface area contributed by atoms with Gasteiger partial charge in [0.15, 0.2) is 0 Å². The van der Waals surface area contributed by atoms with Crippen LogP contribution in [0, 0.1) is 0 Å². The van der Waals surface area contributed by atoms with E-state index in [1.165, 1.54) is 52.1 Å². The van der Waals surface area contributed by atoms with Crippen molar-refractivity contribution >= 4 is 0 Å². The Bertz CT molecular complexity index is 201. The third-order valence-corrected chi connectivity index (χ3v) is 3.97. The zero-order chi connectivity index (χ0) is 9.54. The van der Waals surface area contributed by atoms with E-state index in [1.54, 1.807) is 0 Å². The Balaban J connectivity index is 1.45. The van der Waals surface area contributed by atoms with Crippen LogP contribution in [-0.4, -0.2) is 73.1 Å². The van der Waals surface area contributed by atoms with E-state index in [9.17, 15) is 0 Å². The fourth-order valence-electron chi connectivity index (χ4n) is 2.80. The monoisotopic (exact) mass is 195 g/mol. The molecule has 14 heavy (non-hydrogen) atoms. The van der Waals surface area contributed by atoms with Gasteiger partial charge in [0.25, 0.3) is 0 Å². The summed E-state index contributed by atoms with van der Waals surface area (Å²) in [6.07, 6.45) is 2.93. The maximum atomic E-state index is 2.69. The minimum atomic E-state index is 0.876. The average Bonchev–Trinajstić information content (AvgIpc) is 2.97. The molecular weight excluding hydrogens is 174 g/mol. The van der Waals surface area contributed by atoms with Crippen molar-refractivity contribution in [3.05, 3.63) is 0 Å². The van der Waals surface area contributed by atoms with Crippen LogP contribution in [0.1, 0.15) is 12.8 Å². The number of likely N-dealkylation sites (tertiary alicyclic amines) is 1. The topological polar surface area (TPSA) is 9.72 Å². The Labute approximate surface area is 86.7 Å². The second-order valence-corrected chi connectivity index (χ2v) is 5.18. The van der Waals surface area contributed by atoms with Crippen molar-refractivity contribution in [1.29, 1.82) is 0 Å². The van der Waals surface area contributed by atoms with Crippen molar-refractivity contribution < 1.29 is 0 Å². The van der Waals surface area contributed by atoms with Gasteiger partial charge in [-0.15, -0.1) is 0 Å². The summed E-state index contributed by atoms with van der Waals surface area (Å²) in [5.74, 6) is 0. The van der Waals surface area contributed by atoms with Crippen molar-refractivity contribution in [2.24, 2.45) is 0 Å². The van der Waals surface area contributed by atoms with E-state index in [-0.39, 0.29) is 0 Å². The maximum Gasteiger partial charge on any atom is 0.0351 e. The molecule has 0 aromatic carbocycles. The van der Waals surface area contributed by atoms with Gasteiger partial charge in [0.2, 0.25) is 0 Å². The molecule has 0 spiro atoms. The van der Waals surface area contributed by atoms with Crippen molar-refractivity contribution in [2.75, 3.05) is 46.3 Å². The number of hydrogen-bond acceptors (Lipinski definition) is 3. The minimum Gasteiger partial charge on any atom is -0.303 e. The molecule has 1 aliphatic carbocycles. The molecule has 0 amide bonds. The zero-order valence-corrected chi connectivity index (χ0v) is 9.15. The number of hydrogen-bond donors (Lipinski definition) is 0. The third-order valence-electron chi connectivity index (χ3n) is 3.97. The van der Waals surface area contributed by atoms with Gasteiger partial charge in [-0.25, -0.2) is 0 Å². The van der Waals surface area contributed by atoms with E-state index >= 15 is 0 Å². The number of piperazine rings is 1. The molecule has 0 aromatic heterocycles. The number of nitrogens with zero attached hydrogens (tertiary/aromatic N) is 3. The van der Waals surface area contributed by atoms with Gasteiger partial charge in [-0.3, -0.25) is 9.80 Å². The lowest BCUT2D eigenvalue weighted by atomic mass is 10.1. The van der Waals surface area contributed by atoms with Gasteiger partial charge in [0.1, 0.15) is 0 Å². The highest BCUT2D eigenvalue weighted by Gasteiger charge is 2.35. The Morgan fingerprint density at radius 3 is 1.71 bits per heavy atom. The third kappa shape index (κ3) is 1.69. The lowest BCUT2D eigenvalue weighted by molar-refractivity contribution is 0.0160. The molecule has 0 N–H and O–H groups in total. The molecule has 3 nitrogen and oxygen atoms in total. The maximum absolute atomic E-state index is 2.69. The second kappa shape index (κ2) is 3.47. The molecule has 3 rings (SSSR count). The number of likely N-dealkylation sites (N-methyl/N-ethyl adjacent to an activating group) is 1. The van der Waals surface area contributed by atoms with Gasteiger partial charge in [-0.1, -0.05) is 0 Å². The Hall–Kier alpha value is -0.120. The molecule has 0 aromatic rings. The molecule has 3 heteroatoms. The first-order valence-electron chi connectivity index (χ1n) is 5.99. The van der Waals surface area contributed by atoms with Gasteiger partial charge in [-0.2, -0.15) is 0 Å². The van der Waals surface area contributed by atoms with Gasteiger partial charge in [0.05, 0.1) is 0 Å². The van der Waals surface area contributed by atoms with E-state index in [4.69, 9.17) is 0 Å². The summed E-state index contributed by atoms with van der Waals surface area (Å²) >= 11 is 0. The van der Waals surface area contributed by atoms with Crippen LogP contribution < -0.4 is 0 Å². The molecule has 2 saturated heterocycles.